The van der Waals surface area contributed by atoms with Crippen LogP contribution >= 0.6 is 8.53 Å². The largest absolute Gasteiger partial charge is 0.497 e. The number of nitrogens with zero attached hydrogens (tertiary/aromatic N) is 2. The predicted octanol–water partition coefficient (Wildman–Crippen LogP) is 4.57. The summed E-state index contributed by atoms with van der Waals surface area (Å²) >= 11 is 0. The van der Waals surface area contributed by atoms with Crippen molar-refractivity contribution in [3.8, 4) is 17.6 Å². The summed E-state index contributed by atoms with van der Waals surface area (Å²) in [6.45, 7) is 0.362. The maximum absolute atomic E-state index is 12.7. The molecule has 3 amide bonds. The molecule has 2 heterocycles. The van der Waals surface area contributed by atoms with E-state index in [-0.39, 0.29) is 44.9 Å². The highest BCUT2D eigenvalue weighted by Crippen LogP contribution is 2.44. The highest BCUT2D eigenvalue weighted by atomic mass is 31.2. The minimum Gasteiger partial charge on any atom is -0.497 e. The van der Waals surface area contributed by atoms with E-state index in [2.05, 4.69) is 5.32 Å². The van der Waals surface area contributed by atoms with E-state index in [0.29, 0.717) is 11.5 Å². The number of rotatable bonds is 14. The fourth-order valence-electron chi connectivity index (χ4n) is 5.63. The fourth-order valence-corrected chi connectivity index (χ4v) is 6.45. The molecule has 46 heavy (non-hydrogen) atoms. The van der Waals surface area contributed by atoms with Crippen LogP contribution in [0, 0.1) is 11.3 Å². The maximum Gasteiger partial charge on any atom is 0.326 e. The highest BCUT2D eigenvalue weighted by molar-refractivity contribution is 7.44. The summed E-state index contributed by atoms with van der Waals surface area (Å²) in [6, 6.07) is 26.7. The van der Waals surface area contributed by atoms with Crippen LogP contribution in [0.25, 0.3) is 0 Å². The summed E-state index contributed by atoms with van der Waals surface area (Å²) < 4.78 is 36.0. The maximum atomic E-state index is 12.7. The van der Waals surface area contributed by atoms with Gasteiger partial charge >= 0.3 is 6.03 Å². The van der Waals surface area contributed by atoms with E-state index in [9.17, 15) is 9.59 Å². The van der Waals surface area contributed by atoms with Crippen molar-refractivity contribution >= 4 is 20.5 Å². The first-order valence-corrected chi connectivity index (χ1v) is 16.1. The van der Waals surface area contributed by atoms with Crippen LogP contribution in [-0.4, -0.2) is 69.3 Å². The number of hydrogen-bond acceptors (Lipinski definition) is 10. The Morgan fingerprint density at radius 1 is 0.978 bits per heavy atom. The summed E-state index contributed by atoms with van der Waals surface area (Å²) in [5.41, 5.74) is 7.62. The Morgan fingerprint density at radius 2 is 1.59 bits per heavy atom. The third-order valence-corrected chi connectivity index (χ3v) is 8.84. The number of urea groups is 1. The van der Waals surface area contributed by atoms with Crippen LogP contribution in [0.5, 0.6) is 11.5 Å². The lowest BCUT2D eigenvalue weighted by Crippen LogP contribution is -2.53. The Morgan fingerprint density at radius 3 is 2.15 bits per heavy atom. The van der Waals surface area contributed by atoms with Crippen LogP contribution in [0.15, 0.2) is 78.9 Å². The minimum atomic E-state index is -1.85. The first kappa shape index (κ1) is 33.3. The van der Waals surface area contributed by atoms with Gasteiger partial charge in [0.15, 0.2) is 0 Å². The van der Waals surface area contributed by atoms with E-state index >= 15 is 0 Å². The summed E-state index contributed by atoms with van der Waals surface area (Å²) in [4.78, 5) is 26.0. The number of benzene rings is 3. The Balaban J connectivity index is 1.50. The highest BCUT2D eigenvalue weighted by Gasteiger charge is 2.46. The van der Waals surface area contributed by atoms with E-state index < -0.39 is 38.6 Å². The first-order chi connectivity index (χ1) is 22.4. The lowest BCUT2D eigenvalue weighted by atomic mass is 9.80. The number of carbonyl (C=O) groups excluding carboxylic acids is 2. The second-order valence-electron chi connectivity index (χ2n) is 10.6. The molecule has 13 heteroatoms. The van der Waals surface area contributed by atoms with Gasteiger partial charge in [-0.15, -0.1) is 0 Å². The summed E-state index contributed by atoms with van der Waals surface area (Å²) in [7, 11) is 1.37. The van der Waals surface area contributed by atoms with Crippen LogP contribution in [-0.2, 0) is 28.9 Å². The van der Waals surface area contributed by atoms with Gasteiger partial charge in [0.2, 0.25) is 5.91 Å². The Bertz CT molecular complexity index is 1460. The quantitative estimate of drug-likeness (QED) is 0.144. The van der Waals surface area contributed by atoms with Gasteiger partial charge < -0.3 is 28.0 Å². The van der Waals surface area contributed by atoms with Crippen molar-refractivity contribution < 1.29 is 37.6 Å². The molecule has 3 aromatic rings. The number of methoxy groups -OCH3 is 2. The van der Waals surface area contributed by atoms with E-state index in [4.69, 9.17) is 38.8 Å². The van der Waals surface area contributed by atoms with Crippen molar-refractivity contribution in [2.24, 2.45) is 5.50 Å². The molecule has 0 radical (unpaired) electrons. The Kier molecular flexibility index (Phi) is 11.2. The van der Waals surface area contributed by atoms with Crippen LogP contribution in [0.4, 0.5) is 4.79 Å². The van der Waals surface area contributed by atoms with Gasteiger partial charge in [0, 0.05) is 19.4 Å². The molecule has 0 aromatic heterocycles. The predicted molar refractivity (Wildman–Crippen MR) is 169 cm³/mol. The number of ether oxygens (including phenoxy) is 4. The molecule has 2 aliphatic heterocycles. The van der Waals surface area contributed by atoms with Crippen LogP contribution < -0.4 is 20.3 Å². The van der Waals surface area contributed by atoms with Crippen molar-refractivity contribution in [1.29, 1.82) is 5.26 Å². The molecule has 2 aliphatic rings. The van der Waals surface area contributed by atoms with Crippen molar-refractivity contribution in [3.63, 3.8) is 0 Å². The Hall–Kier alpha value is -4.08. The van der Waals surface area contributed by atoms with Gasteiger partial charge in [-0.05, 0) is 41.0 Å². The van der Waals surface area contributed by atoms with Crippen molar-refractivity contribution in [1.82, 2.24) is 10.2 Å². The zero-order valence-electron chi connectivity index (χ0n) is 25.7. The van der Waals surface area contributed by atoms with Crippen LogP contribution in [0.3, 0.4) is 0 Å². The fraction of sp³-hybridized carbons (Fsp3) is 0.364. The van der Waals surface area contributed by atoms with Gasteiger partial charge in [-0.2, -0.15) is 5.26 Å². The molecular weight excluding hydrogens is 611 g/mol. The second kappa shape index (κ2) is 15.5. The molecule has 2 fully saturated rings. The minimum absolute atomic E-state index is 0.0316. The van der Waals surface area contributed by atoms with Crippen LogP contribution in [0.2, 0.25) is 0 Å². The number of imide groups is 1. The average molecular weight is 649 g/mol. The molecule has 4 unspecified atom stereocenters. The van der Waals surface area contributed by atoms with Gasteiger partial charge in [0.1, 0.15) is 29.4 Å². The molecule has 0 aliphatic carbocycles. The number of carbonyl (C=O) groups is 2. The van der Waals surface area contributed by atoms with Crippen molar-refractivity contribution in [3.05, 3.63) is 95.6 Å². The lowest BCUT2D eigenvalue weighted by Gasteiger charge is -2.37. The van der Waals surface area contributed by atoms with E-state index in [1.54, 1.807) is 14.2 Å². The van der Waals surface area contributed by atoms with Crippen molar-refractivity contribution in [2.75, 3.05) is 34.0 Å². The smallest absolute Gasteiger partial charge is 0.326 e. The molecule has 2 saturated heterocycles. The van der Waals surface area contributed by atoms with Gasteiger partial charge in [-0.1, -0.05) is 54.6 Å². The van der Waals surface area contributed by atoms with E-state index in [1.165, 1.54) is 4.90 Å². The molecule has 0 bridgehead atoms. The average Bonchev–Trinajstić information content (AvgIpc) is 3.47. The number of nitrogens with one attached hydrogen (secondary N) is 1. The topological polar surface area (TPSA) is 155 Å². The third kappa shape index (κ3) is 7.48. The molecule has 242 valence electrons. The van der Waals surface area contributed by atoms with E-state index in [0.717, 1.165) is 16.7 Å². The van der Waals surface area contributed by atoms with Crippen LogP contribution in [0.1, 0.15) is 36.0 Å². The molecule has 12 nitrogen and oxygen atoms in total. The normalized spacial score (nSPS) is 20.6. The summed E-state index contributed by atoms with van der Waals surface area (Å²) in [5.74, 6) is 1.05. The van der Waals surface area contributed by atoms with Gasteiger partial charge in [-0.25, -0.2) is 4.79 Å². The summed E-state index contributed by atoms with van der Waals surface area (Å²) in [5, 5.41) is 11.2. The molecule has 3 N–H and O–H groups in total. The number of nitriles is 1. The molecule has 0 spiro atoms. The standard InChI is InChI=1S/C33H37N4O8P/c1-40-26-13-9-24(10-14-26)33(23-7-4-3-5-8-23,25-11-15-27(41-2)16-12-25)42-22-29-28(45-46(35)43-20-6-18-34)21-31(44-29)37-19-17-30(38)36-32(37)39/h3-5,7-16,28-29,31H,6,17,19-22,35H2,1-2H3,(H,36,38,39). The first-order valence-electron chi connectivity index (χ1n) is 14.8. The van der Waals surface area contributed by atoms with Gasteiger partial charge in [0.25, 0.3) is 8.53 Å². The Labute approximate surface area is 269 Å². The monoisotopic (exact) mass is 648 g/mol. The number of amides is 3. The molecule has 4 atom stereocenters. The number of nitrogens with two attached hydrogens (primary N) is 1. The van der Waals surface area contributed by atoms with E-state index in [1.807, 2.05) is 84.9 Å². The molecule has 3 aromatic carbocycles. The molecule has 5 rings (SSSR count). The SMILES string of the molecule is COc1ccc(C(OCC2OC(N3CCC(=O)NC3=O)CC2OP(N)OCCC#N)(c2ccccc2)c2ccc(OC)cc2)cc1. The zero-order chi connectivity index (χ0) is 32.5. The molecule has 0 saturated carbocycles. The molecular formula is C33H37N4O8P. The van der Waals surface area contributed by atoms with Gasteiger partial charge in [0.05, 0.1) is 46.0 Å². The number of hydrogen-bond donors (Lipinski definition) is 2. The zero-order valence-corrected chi connectivity index (χ0v) is 26.6. The lowest BCUT2D eigenvalue weighted by molar-refractivity contribution is -0.125. The van der Waals surface area contributed by atoms with Gasteiger partial charge in [-0.3, -0.25) is 20.5 Å². The van der Waals surface area contributed by atoms with Crippen molar-refractivity contribution in [2.45, 2.75) is 43.3 Å². The summed E-state index contributed by atoms with van der Waals surface area (Å²) in [6.07, 6.45) is -1.39. The second-order valence-corrected chi connectivity index (χ2v) is 11.7. The third-order valence-electron chi connectivity index (χ3n) is 7.92.